The molecule has 2 aromatic rings. The van der Waals surface area contributed by atoms with Crippen LogP contribution in [-0.4, -0.2) is 52.7 Å². The molecule has 4 rings (SSSR count). The van der Waals surface area contributed by atoms with Crippen molar-refractivity contribution < 1.29 is 19.4 Å². The van der Waals surface area contributed by atoms with E-state index >= 15 is 0 Å². The van der Waals surface area contributed by atoms with Crippen LogP contribution in [0.4, 0.5) is 0 Å². The molecule has 1 aliphatic heterocycles. The maximum absolute atomic E-state index is 13.1. The molecule has 6 heteroatoms. The molecule has 0 radical (unpaired) electrons. The van der Waals surface area contributed by atoms with Crippen molar-refractivity contribution in [3.8, 4) is 0 Å². The second-order valence-corrected chi connectivity index (χ2v) is 6.73. The third-order valence-electron chi connectivity index (χ3n) is 4.79. The summed E-state index contributed by atoms with van der Waals surface area (Å²) in [6.07, 6.45) is 1.70. The van der Waals surface area contributed by atoms with E-state index in [2.05, 4.69) is 0 Å². The van der Waals surface area contributed by atoms with E-state index in [1.54, 1.807) is 4.90 Å². The molecule has 1 saturated heterocycles. The monoisotopic (exact) mass is 340 g/mol. The fourth-order valence-corrected chi connectivity index (χ4v) is 3.35. The molecule has 1 aliphatic carbocycles. The van der Waals surface area contributed by atoms with Crippen LogP contribution in [0.15, 0.2) is 30.3 Å². The number of pyridine rings is 1. The highest BCUT2D eigenvalue weighted by molar-refractivity contribution is 6.06. The number of amides is 1. The molecule has 25 heavy (non-hydrogen) atoms. The summed E-state index contributed by atoms with van der Waals surface area (Å²) in [5.41, 5.74) is 2.48. The van der Waals surface area contributed by atoms with Crippen LogP contribution >= 0.6 is 0 Å². The topological polar surface area (TPSA) is 79.7 Å². The molecule has 1 atom stereocenters. The lowest BCUT2D eigenvalue weighted by Crippen LogP contribution is -2.46. The number of carbonyl (C=O) groups excluding carboxylic acids is 1. The first-order valence-electron chi connectivity index (χ1n) is 8.64. The number of carbonyl (C=O) groups is 2. The fraction of sp³-hybridized carbons (Fsp3) is 0.421. The van der Waals surface area contributed by atoms with E-state index in [0.717, 1.165) is 29.4 Å². The number of aliphatic carboxylic acids is 1. The molecule has 0 spiro atoms. The Morgan fingerprint density at radius 1 is 1.28 bits per heavy atom. The van der Waals surface area contributed by atoms with E-state index in [1.165, 1.54) is 0 Å². The molecule has 1 aromatic heterocycles. The van der Waals surface area contributed by atoms with Gasteiger partial charge in [0.2, 0.25) is 0 Å². The van der Waals surface area contributed by atoms with Gasteiger partial charge in [-0.05, 0) is 25.0 Å². The summed E-state index contributed by atoms with van der Waals surface area (Å²) in [6.45, 7) is 1.15. The number of rotatable bonds is 4. The number of morpholine rings is 1. The summed E-state index contributed by atoms with van der Waals surface area (Å²) in [4.78, 5) is 30.5. The van der Waals surface area contributed by atoms with Gasteiger partial charge in [0.1, 0.15) is 0 Å². The molecule has 1 unspecified atom stereocenters. The Hall–Kier alpha value is -2.47. The summed E-state index contributed by atoms with van der Waals surface area (Å²) in [5, 5.41) is 9.81. The second-order valence-electron chi connectivity index (χ2n) is 6.73. The van der Waals surface area contributed by atoms with Crippen molar-refractivity contribution in [1.29, 1.82) is 0 Å². The zero-order valence-electron chi connectivity index (χ0n) is 13.9. The van der Waals surface area contributed by atoms with Gasteiger partial charge in [-0.1, -0.05) is 18.2 Å². The van der Waals surface area contributed by atoms with E-state index < -0.39 is 12.1 Å². The molecule has 1 amide bonds. The maximum atomic E-state index is 13.1. The van der Waals surface area contributed by atoms with Gasteiger partial charge in [-0.3, -0.25) is 14.6 Å². The number of para-hydroxylation sites is 1. The number of ether oxygens (including phenoxy) is 1. The molecule has 6 nitrogen and oxygen atoms in total. The summed E-state index contributed by atoms with van der Waals surface area (Å²) in [5.74, 6) is -0.524. The van der Waals surface area contributed by atoms with Gasteiger partial charge in [0.15, 0.2) is 0 Å². The Morgan fingerprint density at radius 2 is 2.08 bits per heavy atom. The molecule has 1 aromatic carbocycles. The number of carboxylic acids is 1. The Bertz CT molecular complexity index is 831. The van der Waals surface area contributed by atoms with Crippen molar-refractivity contribution >= 4 is 22.8 Å². The minimum absolute atomic E-state index is 0.0702. The number of nitrogens with zero attached hydrogens (tertiary/aromatic N) is 2. The number of aromatic nitrogens is 1. The Kier molecular flexibility index (Phi) is 4.13. The van der Waals surface area contributed by atoms with Crippen LogP contribution in [0.25, 0.3) is 10.9 Å². The first-order chi connectivity index (χ1) is 12.1. The SMILES string of the molecule is O=C(O)CC1CN(C(=O)c2cc(C3CC3)nc3ccccc23)CCO1. The molecule has 1 N–H and O–H groups in total. The summed E-state index contributed by atoms with van der Waals surface area (Å²) in [7, 11) is 0. The number of fused-ring (bicyclic) bond motifs is 1. The third kappa shape index (κ3) is 3.35. The van der Waals surface area contributed by atoms with Gasteiger partial charge < -0.3 is 14.7 Å². The van der Waals surface area contributed by atoms with Crippen LogP contribution in [0.1, 0.15) is 41.2 Å². The highest BCUT2D eigenvalue weighted by Crippen LogP contribution is 2.40. The number of hydrogen-bond acceptors (Lipinski definition) is 4. The fourth-order valence-electron chi connectivity index (χ4n) is 3.35. The van der Waals surface area contributed by atoms with Gasteiger partial charge in [0, 0.05) is 30.1 Å². The van der Waals surface area contributed by atoms with Crippen molar-refractivity contribution in [2.24, 2.45) is 0 Å². The second kappa shape index (κ2) is 6.44. The predicted molar refractivity (Wildman–Crippen MR) is 91.6 cm³/mol. The van der Waals surface area contributed by atoms with Crippen molar-refractivity contribution in [2.75, 3.05) is 19.7 Å². The van der Waals surface area contributed by atoms with Crippen molar-refractivity contribution in [2.45, 2.75) is 31.3 Å². The van der Waals surface area contributed by atoms with Gasteiger partial charge >= 0.3 is 5.97 Å². The number of carboxylic acid groups (broad SMARTS) is 1. The van der Waals surface area contributed by atoms with E-state index in [0.29, 0.717) is 31.2 Å². The van der Waals surface area contributed by atoms with Gasteiger partial charge in [-0.25, -0.2) is 0 Å². The zero-order valence-corrected chi connectivity index (χ0v) is 13.9. The number of hydrogen-bond donors (Lipinski definition) is 1. The third-order valence-corrected chi connectivity index (χ3v) is 4.79. The average molecular weight is 340 g/mol. The lowest BCUT2D eigenvalue weighted by Gasteiger charge is -2.32. The molecule has 2 aliphatic rings. The van der Waals surface area contributed by atoms with Gasteiger partial charge in [0.05, 0.1) is 30.2 Å². The maximum Gasteiger partial charge on any atom is 0.306 e. The molecule has 2 heterocycles. The smallest absolute Gasteiger partial charge is 0.306 e. The van der Waals surface area contributed by atoms with Gasteiger partial charge in [-0.2, -0.15) is 0 Å². The Morgan fingerprint density at radius 3 is 2.84 bits per heavy atom. The summed E-state index contributed by atoms with van der Waals surface area (Å²) in [6, 6.07) is 9.61. The lowest BCUT2D eigenvalue weighted by atomic mass is 10.0. The van der Waals surface area contributed by atoms with Crippen molar-refractivity contribution in [3.63, 3.8) is 0 Å². The molecule has 1 saturated carbocycles. The molecule has 130 valence electrons. The lowest BCUT2D eigenvalue weighted by molar-refractivity contribution is -0.141. The van der Waals surface area contributed by atoms with Crippen LogP contribution < -0.4 is 0 Å². The summed E-state index contributed by atoms with van der Waals surface area (Å²) >= 11 is 0. The average Bonchev–Trinajstić information content (AvgIpc) is 3.45. The van der Waals surface area contributed by atoms with E-state index in [4.69, 9.17) is 14.8 Å². The number of benzene rings is 1. The minimum atomic E-state index is -0.912. The van der Waals surface area contributed by atoms with Gasteiger partial charge in [0.25, 0.3) is 5.91 Å². The molecular weight excluding hydrogens is 320 g/mol. The first-order valence-corrected chi connectivity index (χ1v) is 8.64. The standard InChI is InChI=1S/C19H20N2O4/c22-18(23)9-13-11-21(7-8-25-13)19(24)15-10-17(12-5-6-12)20-16-4-2-1-3-14(15)16/h1-4,10,12-13H,5-9,11H2,(H,22,23). The van der Waals surface area contributed by atoms with Gasteiger partial charge in [-0.15, -0.1) is 0 Å². The van der Waals surface area contributed by atoms with Crippen LogP contribution in [0.3, 0.4) is 0 Å². The van der Waals surface area contributed by atoms with Crippen LogP contribution in [0.2, 0.25) is 0 Å². The highest BCUT2D eigenvalue weighted by Gasteiger charge is 2.30. The minimum Gasteiger partial charge on any atom is -0.481 e. The highest BCUT2D eigenvalue weighted by atomic mass is 16.5. The first kappa shape index (κ1) is 16.0. The Balaban J connectivity index is 1.66. The summed E-state index contributed by atoms with van der Waals surface area (Å²) < 4.78 is 5.48. The van der Waals surface area contributed by atoms with E-state index in [1.807, 2.05) is 30.3 Å². The van der Waals surface area contributed by atoms with E-state index in [9.17, 15) is 9.59 Å². The van der Waals surface area contributed by atoms with Crippen molar-refractivity contribution in [3.05, 3.63) is 41.6 Å². The van der Waals surface area contributed by atoms with Crippen molar-refractivity contribution in [1.82, 2.24) is 9.88 Å². The van der Waals surface area contributed by atoms with Crippen LogP contribution in [0, 0.1) is 0 Å². The normalized spacial score (nSPS) is 20.6. The zero-order chi connectivity index (χ0) is 17.4. The quantitative estimate of drug-likeness (QED) is 0.925. The largest absolute Gasteiger partial charge is 0.481 e. The molecule has 0 bridgehead atoms. The predicted octanol–water partition coefficient (Wildman–Crippen LogP) is 2.43. The Labute approximate surface area is 145 Å². The van der Waals surface area contributed by atoms with E-state index in [-0.39, 0.29) is 12.3 Å². The molecule has 2 fully saturated rings. The van der Waals surface area contributed by atoms with Crippen LogP contribution in [0.5, 0.6) is 0 Å². The molecular formula is C19H20N2O4. The van der Waals surface area contributed by atoms with Crippen LogP contribution in [-0.2, 0) is 9.53 Å².